The molecule has 0 atom stereocenters. The number of ether oxygens (including phenoxy) is 1. The fourth-order valence-electron chi connectivity index (χ4n) is 2.22. The Morgan fingerprint density at radius 2 is 2.05 bits per heavy atom. The fourth-order valence-corrected chi connectivity index (χ4v) is 2.22. The summed E-state index contributed by atoms with van der Waals surface area (Å²) in [6.07, 6.45) is 5.13. The Balaban J connectivity index is 1.93. The molecule has 0 aliphatic carbocycles. The molecule has 0 saturated carbocycles. The lowest BCUT2D eigenvalue weighted by molar-refractivity contribution is 0.419. The number of pyridine rings is 1. The van der Waals surface area contributed by atoms with Crippen molar-refractivity contribution in [1.82, 2.24) is 15.0 Å². The third kappa shape index (κ3) is 2.76. The molecule has 0 N–H and O–H groups in total. The number of aromatic nitrogens is 3. The number of anilines is 1. The van der Waals surface area contributed by atoms with Gasteiger partial charge in [0, 0.05) is 24.8 Å². The molecule has 2 aromatic heterocycles. The second-order valence-electron chi connectivity index (χ2n) is 4.75. The van der Waals surface area contributed by atoms with Crippen LogP contribution < -0.4 is 9.64 Å². The summed E-state index contributed by atoms with van der Waals surface area (Å²) in [6, 6.07) is 9.95. The highest BCUT2D eigenvalue weighted by Crippen LogP contribution is 2.26. The summed E-state index contributed by atoms with van der Waals surface area (Å²) in [7, 11) is 3.64. The van der Waals surface area contributed by atoms with Gasteiger partial charge in [-0.3, -0.25) is 9.97 Å². The molecule has 5 heteroatoms. The van der Waals surface area contributed by atoms with E-state index in [1.165, 1.54) is 0 Å². The van der Waals surface area contributed by atoms with Crippen LogP contribution in [0.2, 0.25) is 0 Å². The van der Waals surface area contributed by atoms with E-state index in [4.69, 9.17) is 9.72 Å². The van der Waals surface area contributed by atoms with Crippen LogP contribution in [-0.2, 0) is 6.54 Å². The van der Waals surface area contributed by atoms with Crippen LogP contribution in [0.4, 0.5) is 5.82 Å². The zero-order valence-electron chi connectivity index (χ0n) is 12.0. The van der Waals surface area contributed by atoms with Gasteiger partial charge in [-0.25, -0.2) is 4.98 Å². The van der Waals surface area contributed by atoms with Crippen molar-refractivity contribution in [3.63, 3.8) is 0 Å². The first kappa shape index (κ1) is 13.3. The van der Waals surface area contributed by atoms with Gasteiger partial charge in [0.05, 0.1) is 25.5 Å². The Morgan fingerprint density at radius 1 is 1.14 bits per heavy atom. The minimum absolute atomic E-state index is 0.654. The molecular weight excluding hydrogens is 264 g/mol. The van der Waals surface area contributed by atoms with Crippen molar-refractivity contribution in [3.8, 4) is 5.75 Å². The molecule has 0 aliphatic heterocycles. The van der Waals surface area contributed by atoms with Gasteiger partial charge in [-0.15, -0.1) is 0 Å². The Hall–Kier alpha value is -2.69. The number of fused-ring (bicyclic) bond motifs is 1. The molecule has 0 unspecified atom stereocenters. The molecule has 0 spiro atoms. The van der Waals surface area contributed by atoms with Crippen molar-refractivity contribution >= 4 is 16.7 Å². The minimum atomic E-state index is 0.654. The lowest BCUT2D eigenvalue weighted by atomic mass is 10.2. The SMILES string of the molecule is COc1cccc2ccc(N(C)Cc3cnccn3)nc12. The van der Waals surface area contributed by atoms with Gasteiger partial charge in [0.25, 0.3) is 0 Å². The van der Waals surface area contributed by atoms with E-state index in [1.54, 1.807) is 25.7 Å². The highest BCUT2D eigenvalue weighted by atomic mass is 16.5. The molecular formula is C16H16N4O. The predicted molar refractivity (Wildman–Crippen MR) is 82.4 cm³/mol. The molecule has 0 radical (unpaired) electrons. The number of nitrogens with zero attached hydrogens (tertiary/aromatic N) is 4. The summed E-state index contributed by atoms with van der Waals surface area (Å²) in [5, 5.41) is 1.06. The standard InChI is InChI=1S/C16H16N4O/c1-20(11-13-10-17-8-9-18-13)15-7-6-12-4-3-5-14(21-2)16(12)19-15/h3-10H,11H2,1-2H3. The maximum atomic E-state index is 5.38. The van der Waals surface area contributed by atoms with Gasteiger partial charge in [-0.2, -0.15) is 0 Å². The summed E-state index contributed by atoms with van der Waals surface area (Å²) >= 11 is 0. The van der Waals surface area contributed by atoms with Crippen LogP contribution in [-0.4, -0.2) is 29.1 Å². The molecule has 1 aromatic carbocycles. The highest BCUT2D eigenvalue weighted by Gasteiger charge is 2.08. The number of para-hydroxylation sites is 1. The first-order chi connectivity index (χ1) is 10.3. The van der Waals surface area contributed by atoms with Gasteiger partial charge >= 0.3 is 0 Å². The van der Waals surface area contributed by atoms with E-state index in [2.05, 4.69) is 9.97 Å². The summed E-state index contributed by atoms with van der Waals surface area (Å²) in [6.45, 7) is 0.654. The van der Waals surface area contributed by atoms with Crippen molar-refractivity contribution in [1.29, 1.82) is 0 Å². The fraction of sp³-hybridized carbons (Fsp3) is 0.188. The summed E-state index contributed by atoms with van der Waals surface area (Å²) in [5.41, 5.74) is 1.77. The highest BCUT2D eigenvalue weighted by molar-refractivity contribution is 5.85. The molecule has 3 rings (SSSR count). The van der Waals surface area contributed by atoms with Gasteiger partial charge in [-0.05, 0) is 18.2 Å². The van der Waals surface area contributed by atoms with Gasteiger partial charge in [0.2, 0.25) is 0 Å². The number of rotatable bonds is 4. The molecule has 0 saturated heterocycles. The molecule has 0 amide bonds. The van der Waals surface area contributed by atoms with Gasteiger partial charge in [-0.1, -0.05) is 12.1 Å². The summed E-state index contributed by atoms with van der Waals surface area (Å²) in [4.78, 5) is 15.1. The Kier molecular flexibility index (Phi) is 3.64. The van der Waals surface area contributed by atoms with Crippen LogP contribution in [0.25, 0.3) is 10.9 Å². The summed E-state index contributed by atoms with van der Waals surface area (Å²) in [5.74, 6) is 1.65. The smallest absolute Gasteiger partial charge is 0.145 e. The first-order valence-electron chi connectivity index (χ1n) is 6.68. The average Bonchev–Trinajstić information content (AvgIpc) is 2.54. The second kappa shape index (κ2) is 5.75. The van der Waals surface area contributed by atoms with E-state index in [0.717, 1.165) is 28.2 Å². The molecule has 21 heavy (non-hydrogen) atoms. The van der Waals surface area contributed by atoms with Crippen LogP contribution in [0.15, 0.2) is 48.9 Å². The van der Waals surface area contributed by atoms with Crippen LogP contribution in [0.1, 0.15) is 5.69 Å². The Morgan fingerprint density at radius 3 is 2.81 bits per heavy atom. The van der Waals surface area contributed by atoms with Gasteiger partial charge in [0.15, 0.2) is 0 Å². The van der Waals surface area contributed by atoms with Crippen molar-refractivity contribution in [3.05, 3.63) is 54.6 Å². The molecule has 3 aromatic rings. The maximum Gasteiger partial charge on any atom is 0.145 e. The molecule has 0 bridgehead atoms. The van der Waals surface area contributed by atoms with Gasteiger partial charge < -0.3 is 9.64 Å². The topological polar surface area (TPSA) is 51.1 Å². The molecule has 106 valence electrons. The predicted octanol–water partition coefficient (Wildman–Crippen LogP) is 2.67. The molecule has 2 heterocycles. The van der Waals surface area contributed by atoms with E-state index in [1.807, 2.05) is 42.3 Å². The molecule has 5 nitrogen and oxygen atoms in total. The zero-order valence-corrected chi connectivity index (χ0v) is 12.0. The van der Waals surface area contributed by atoms with E-state index in [0.29, 0.717) is 6.54 Å². The Labute approximate surface area is 123 Å². The lowest BCUT2D eigenvalue weighted by Crippen LogP contribution is -2.18. The van der Waals surface area contributed by atoms with Crippen molar-refractivity contribution in [2.75, 3.05) is 19.1 Å². The van der Waals surface area contributed by atoms with E-state index in [-0.39, 0.29) is 0 Å². The molecule has 0 aliphatic rings. The van der Waals surface area contributed by atoms with Crippen LogP contribution in [0, 0.1) is 0 Å². The largest absolute Gasteiger partial charge is 0.494 e. The number of hydrogen-bond acceptors (Lipinski definition) is 5. The van der Waals surface area contributed by atoms with E-state index < -0.39 is 0 Å². The zero-order chi connectivity index (χ0) is 14.7. The Bertz CT molecular complexity index is 746. The van der Waals surface area contributed by atoms with E-state index >= 15 is 0 Å². The van der Waals surface area contributed by atoms with Crippen molar-refractivity contribution in [2.45, 2.75) is 6.54 Å². The van der Waals surface area contributed by atoms with Crippen LogP contribution in [0.5, 0.6) is 5.75 Å². The lowest BCUT2D eigenvalue weighted by Gasteiger charge is -2.18. The third-order valence-corrected chi connectivity index (χ3v) is 3.30. The van der Waals surface area contributed by atoms with Crippen LogP contribution in [0.3, 0.4) is 0 Å². The van der Waals surface area contributed by atoms with Crippen molar-refractivity contribution < 1.29 is 4.74 Å². The van der Waals surface area contributed by atoms with Crippen LogP contribution >= 0.6 is 0 Å². The first-order valence-corrected chi connectivity index (χ1v) is 6.68. The van der Waals surface area contributed by atoms with Gasteiger partial charge in [0.1, 0.15) is 17.1 Å². The summed E-state index contributed by atoms with van der Waals surface area (Å²) < 4.78 is 5.38. The minimum Gasteiger partial charge on any atom is -0.494 e. The van der Waals surface area contributed by atoms with Crippen molar-refractivity contribution in [2.24, 2.45) is 0 Å². The average molecular weight is 280 g/mol. The number of hydrogen-bond donors (Lipinski definition) is 0. The second-order valence-corrected chi connectivity index (χ2v) is 4.75. The third-order valence-electron chi connectivity index (χ3n) is 3.30. The maximum absolute atomic E-state index is 5.38. The molecule has 0 fully saturated rings. The number of methoxy groups -OCH3 is 1. The normalized spacial score (nSPS) is 10.6. The quantitative estimate of drug-likeness (QED) is 0.735. The monoisotopic (exact) mass is 280 g/mol. The van der Waals surface area contributed by atoms with E-state index in [9.17, 15) is 0 Å². The number of benzene rings is 1.